The number of hydrogen-bond acceptors (Lipinski definition) is 5. The van der Waals surface area contributed by atoms with Crippen molar-refractivity contribution in [3.05, 3.63) is 201 Å². The zero-order valence-electron chi connectivity index (χ0n) is 31.3. The van der Waals surface area contributed by atoms with Crippen molar-refractivity contribution in [3.8, 4) is 67.2 Å². The molecule has 0 aliphatic rings. The molecule has 0 amide bonds. The molecule has 0 spiro atoms. The fraction of sp³-hybridized carbons (Fsp3) is 0. The van der Waals surface area contributed by atoms with Crippen molar-refractivity contribution < 1.29 is 0 Å². The van der Waals surface area contributed by atoms with E-state index >= 15 is 0 Å². The Morgan fingerprint density at radius 1 is 0.259 bits per heavy atom. The number of rotatable bonds is 6. The molecule has 0 N–H and O–H groups in total. The highest BCUT2D eigenvalue weighted by molar-refractivity contribution is 6.00. The number of nitrogens with zero attached hydrogens (tertiary/aromatic N) is 5. The van der Waals surface area contributed by atoms with E-state index in [4.69, 9.17) is 9.97 Å². The Labute approximate surface area is 335 Å². The van der Waals surface area contributed by atoms with Crippen molar-refractivity contribution in [2.75, 3.05) is 0 Å². The molecule has 58 heavy (non-hydrogen) atoms. The molecule has 0 bridgehead atoms. The van der Waals surface area contributed by atoms with Crippen molar-refractivity contribution in [1.29, 1.82) is 0 Å². The molecule has 5 nitrogen and oxygen atoms in total. The predicted octanol–water partition coefficient (Wildman–Crippen LogP) is 13.3. The van der Waals surface area contributed by atoms with Crippen molar-refractivity contribution in [2.24, 2.45) is 0 Å². The number of para-hydroxylation sites is 2. The van der Waals surface area contributed by atoms with Gasteiger partial charge in [0.25, 0.3) is 0 Å². The van der Waals surface area contributed by atoms with Crippen LogP contribution in [0.3, 0.4) is 0 Å². The molecule has 0 unspecified atom stereocenters. The van der Waals surface area contributed by atoms with E-state index in [-0.39, 0.29) is 0 Å². The third-order valence-corrected chi connectivity index (χ3v) is 11.0. The minimum atomic E-state index is 0.900. The average Bonchev–Trinajstić information content (AvgIpc) is 3.30. The van der Waals surface area contributed by atoms with Gasteiger partial charge in [-0.15, -0.1) is 0 Å². The van der Waals surface area contributed by atoms with E-state index in [9.17, 15) is 0 Å². The van der Waals surface area contributed by atoms with Crippen LogP contribution in [0.1, 0.15) is 0 Å². The minimum Gasteiger partial charge on any atom is -0.256 e. The van der Waals surface area contributed by atoms with Crippen LogP contribution in [0.25, 0.3) is 111 Å². The summed E-state index contributed by atoms with van der Waals surface area (Å²) in [7, 11) is 0. The van der Waals surface area contributed by atoms with E-state index in [1.54, 1.807) is 0 Å². The SMILES string of the molecule is c1ccc(-c2cccc(-c3ccc4ccc(-c5ccc6ccc(-c7cc(-c8ccnc9ccccc89)cc(-c8ccnc9ccccc89)c7)cc6n5)cc4n3)c2)nc1. The first kappa shape index (κ1) is 33.4. The Hall–Kier alpha value is -7.89. The van der Waals surface area contributed by atoms with E-state index in [0.29, 0.717) is 0 Å². The summed E-state index contributed by atoms with van der Waals surface area (Å²) in [6.45, 7) is 0. The van der Waals surface area contributed by atoms with Gasteiger partial charge in [0.1, 0.15) is 0 Å². The van der Waals surface area contributed by atoms with Gasteiger partial charge in [-0.3, -0.25) is 15.0 Å². The fourth-order valence-electron chi connectivity index (χ4n) is 8.07. The molecule has 0 fully saturated rings. The molecule has 0 aliphatic heterocycles. The summed E-state index contributed by atoms with van der Waals surface area (Å²) >= 11 is 0. The second kappa shape index (κ2) is 14.0. The lowest BCUT2D eigenvalue weighted by atomic mass is 9.91. The Morgan fingerprint density at radius 3 is 1.38 bits per heavy atom. The van der Waals surface area contributed by atoms with Crippen LogP contribution in [0.2, 0.25) is 0 Å². The molecule has 0 atom stereocenters. The second-order valence-corrected chi connectivity index (χ2v) is 14.6. The van der Waals surface area contributed by atoms with E-state index in [0.717, 1.165) is 111 Å². The highest BCUT2D eigenvalue weighted by Crippen LogP contribution is 2.38. The monoisotopic (exact) mass is 739 g/mol. The maximum Gasteiger partial charge on any atom is 0.0716 e. The molecule has 270 valence electrons. The van der Waals surface area contributed by atoms with Gasteiger partial charge in [0, 0.05) is 56.8 Å². The topological polar surface area (TPSA) is 64.5 Å². The fourth-order valence-corrected chi connectivity index (χ4v) is 8.07. The second-order valence-electron chi connectivity index (χ2n) is 14.6. The molecule has 5 heterocycles. The van der Waals surface area contributed by atoms with Gasteiger partial charge in [0.2, 0.25) is 0 Å². The van der Waals surface area contributed by atoms with Crippen molar-refractivity contribution >= 4 is 43.6 Å². The number of benzene rings is 6. The summed E-state index contributed by atoms with van der Waals surface area (Å²) in [6.07, 6.45) is 5.62. The van der Waals surface area contributed by atoms with Gasteiger partial charge in [-0.05, 0) is 118 Å². The Balaban J connectivity index is 1.00. The molecule has 0 saturated carbocycles. The highest BCUT2D eigenvalue weighted by atomic mass is 14.7. The van der Waals surface area contributed by atoms with Crippen LogP contribution >= 0.6 is 0 Å². The first-order valence-electron chi connectivity index (χ1n) is 19.4. The lowest BCUT2D eigenvalue weighted by molar-refractivity contribution is 1.32. The highest BCUT2D eigenvalue weighted by Gasteiger charge is 2.14. The van der Waals surface area contributed by atoms with Crippen molar-refractivity contribution in [1.82, 2.24) is 24.9 Å². The van der Waals surface area contributed by atoms with Crippen molar-refractivity contribution in [2.45, 2.75) is 0 Å². The van der Waals surface area contributed by atoms with Crippen LogP contribution in [0.5, 0.6) is 0 Å². The number of pyridine rings is 5. The maximum atomic E-state index is 5.26. The Kier molecular flexibility index (Phi) is 8.07. The van der Waals surface area contributed by atoms with E-state index in [2.05, 4.69) is 167 Å². The molecule has 6 aromatic carbocycles. The summed E-state index contributed by atoms with van der Waals surface area (Å²) in [5.41, 5.74) is 16.4. The normalized spacial score (nSPS) is 11.4. The smallest absolute Gasteiger partial charge is 0.0716 e. The molecule has 11 aromatic rings. The van der Waals surface area contributed by atoms with Gasteiger partial charge in [-0.25, -0.2) is 9.97 Å². The molecule has 5 heteroatoms. The summed E-state index contributed by atoms with van der Waals surface area (Å²) in [4.78, 5) is 24.3. The molecule has 0 radical (unpaired) electrons. The van der Waals surface area contributed by atoms with E-state index in [1.807, 2.05) is 48.9 Å². The summed E-state index contributed by atoms with van der Waals surface area (Å²) < 4.78 is 0. The maximum absolute atomic E-state index is 5.26. The van der Waals surface area contributed by atoms with Gasteiger partial charge < -0.3 is 0 Å². The zero-order valence-corrected chi connectivity index (χ0v) is 31.3. The van der Waals surface area contributed by atoms with Crippen molar-refractivity contribution in [3.63, 3.8) is 0 Å². The molecule has 11 rings (SSSR count). The number of fused-ring (bicyclic) bond motifs is 4. The summed E-state index contributed by atoms with van der Waals surface area (Å²) in [6, 6.07) is 63.6. The van der Waals surface area contributed by atoms with Gasteiger partial charge in [0.05, 0.1) is 39.1 Å². The quantitative estimate of drug-likeness (QED) is 0.170. The van der Waals surface area contributed by atoms with Gasteiger partial charge in [0.15, 0.2) is 0 Å². The third-order valence-electron chi connectivity index (χ3n) is 11.0. The van der Waals surface area contributed by atoms with Gasteiger partial charge in [-0.2, -0.15) is 0 Å². The Bertz CT molecular complexity index is 3250. The van der Waals surface area contributed by atoms with E-state index < -0.39 is 0 Å². The average molecular weight is 740 g/mol. The summed E-state index contributed by atoms with van der Waals surface area (Å²) in [5, 5.41) is 4.40. The van der Waals surface area contributed by atoms with Gasteiger partial charge >= 0.3 is 0 Å². The van der Waals surface area contributed by atoms with Crippen LogP contribution in [-0.4, -0.2) is 24.9 Å². The molecule has 5 aromatic heterocycles. The number of aromatic nitrogens is 5. The van der Waals surface area contributed by atoms with E-state index in [1.165, 1.54) is 0 Å². The first-order valence-corrected chi connectivity index (χ1v) is 19.4. The molecular formula is C53H33N5. The van der Waals surface area contributed by atoms with Crippen LogP contribution < -0.4 is 0 Å². The lowest BCUT2D eigenvalue weighted by Gasteiger charge is -2.14. The lowest BCUT2D eigenvalue weighted by Crippen LogP contribution is -1.91. The predicted molar refractivity (Wildman–Crippen MR) is 238 cm³/mol. The third kappa shape index (κ3) is 6.12. The molecule has 0 saturated heterocycles. The standard InChI is InChI=1S/C53H33N5/c1-3-13-50-45(10-1)43(23-26-55-50)41-29-40(30-42(31-41)44-24-27-56-51-14-4-2-11-46(44)51)36-17-15-34-20-22-49(58-52(34)32-36)39-18-16-35-19-21-48(57-53(35)33-39)38-9-7-8-37(28-38)47-12-5-6-25-54-47/h1-33H. The van der Waals surface area contributed by atoms with Gasteiger partial charge in [-0.1, -0.05) is 97.1 Å². The molecule has 0 aliphatic carbocycles. The number of hydrogen-bond donors (Lipinski definition) is 0. The van der Waals surface area contributed by atoms with Crippen LogP contribution in [-0.2, 0) is 0 Å². The minimum absolute atomic E-state index is 0.900. The largest absolute Gasteiger partial charge is 0.256 e. The first-order chi connectivity index (χ1) is 28.7. The van der Waals surface area contributed by atoms with Crippen LogP contribution in [0.4, 0.5) is 0 Å². The summed E-state index contributed by atoms with van der Waals surface area (Å²) in [5.74, 6) is 0. The molecular weight excluding hydrogens is 707 g/mol. The Morgan fingerprint density at radius 2 is 0.759 bits per heavy atom. The van der Waals surface area contributed by atoms with Crippen LogP contribution in [0, 0.1) is 0 Å². The van der Waals surface area contributed by atoms with Crippen LogP contribution in [0.15, 0.2) is 201 Å². The zero-order chi connectivity index (χ0) is 38.4.